The highest BCUT2D eigenvalue weighted by molar-refractivity contribution is 5.74. The summed E-state index contributed by atoms with van der Waals surface area (Å²) in [6.07, 6.45) is 2.22. The smallest absolute Gasteiger partial charge is 0.317 e. The molecule has 19 heavy (non-hydrogen) atoms. The van der Waals surface area contributed by atoms with Gasteiger partial charge >= 0.3 is 6.03 Å². The third-order valence-corrected chi connectivity index (χ3v) is 3.77. The zero-order valence-electron chi connectivity index (χ0n) is 11.6. The average Bonchev–Trinajstić information content (AvgIpc) is 2.46. The molecule has 3 N–H and O–H groups in total. The standard InChI is InChI=1S/C15H23N3O/c1-12-6-8-18(9-7-12)15(19)17-11-14-4-2-13(10-16)3-5-14/h2-5,12H,6-11,16H2,1H3,(H,17,19). The minimum Gasteiger partial charge on any atom is -0.334 e. The zero-order valence-corrected chi connectivity index (χ0v) is 11.6. The summed E-state index contributed by atoms with van der Waals surface area (Å²) in [5, 5.41) is 2.98. The van der Waals surface area contributed by atoms with Crippen LogP contribution in [0.5, 0.6) is 0 Å². The van der Waals surface area contributed by atoms with Gasteiger partial charge in [0.1, 0.15) is 0 Å². The molecule has 0 unspecified atom stereocenters. The molecule has 0 spiro atoms. The van der Waals surface area contributed by atoms with E-state index in [0.717, 1.165) is 43.0 Å². The number of hydrogen-bond donors (Lipinski definition) is 2. The summed E-state index contributed by atoms with van der Waals surface area (Å²) in [7, 11) is 0. The maximum atomic E-state index is 12.0. The van der Waals surface area contributed by atoms with Gasteiger partial charge in [-0.05, 0) is 29.9 Å². The molecule has 0 aliphatic carbocycles. The maximum Gasteiger partial charge on any atom is 0.317 e. The second kappa shape index (κ2) is 6.57. The Hall–Kier alpha value is -1.55. The zero-order chi connectivity index (χ0) is 13.7. The van der Waals surface area contributed by atoms with Crippen LogP contribution < -0.4 is 11.1 Å². The predicted molar refractivity (Wildman–Crippen MR) is 76.5 cm³/mol. The fraction of sp³-hybridized carbons (Fsp3) is 0.533. The second-order valence-corrected chi connectivity index (χ2v) is 5.35. The second-order valence-electron chi connectivity index (χ2n) is 5.35. The van der Waals surface area contributed by atoms with E-state index in [4.69, 9.17) is 5.73 Å². The van der Waals surface area contributed by atoms with Crippen molar-refractivity contribution in [3.8, 4) is 0 Å². The Bertz CT molecular complexity index is 408. The largest absolute Gasteiger partial charge is 0.334 e. The van der Waals surface area contributed by atoms with Gasteiger partial charge in [0.05, 0.1) is 0 Å². The van der Waals surface area contributed by atoms with Crippen molar-refractivity contribution in [2.75, 3.05) is 13.1 Å². The molecule has 4 nitrogen and oxygen atoms in total. The summed E-state index contributed by atoms with van der Waals surface area (Å²) in [6.45, 7) is 5.13. The number of nitrogens with one attached hydrogen (secondary N) is 1. The van der Waals surface area contributed by atoms with Gasteiger partial charge in [-0.3, -0.25) is 0 Å². The number of nitrogens with zero attached hydrogens (tertiary/aromatic N) is 1. The van der Waals surface area contributed by atoms with E-state index in [1.807, 2.05) is 29.2 Å². The number of hydrogen-bond acceptors (Lipinski definition) is 2. The summed E-state index contributed by atoms with van der Waals surface area (Å²) in [4.78, 5) is 13.9. The molecule has 2 amide bonds. The Balaban J connectivity index is 1.79. The molecule has 0 aromatic heterocycles. The lowest BCUT2D eigenvalue weighted by Gasteiger charge is -2.30. The van der Waals surface area contributed by atoms with Crippen LogP contribution in [-0.2, 0) is 13.1 Å². The monoisotopic (exact) mass is 261 g/mol. The average molecular weight is 261 g/mol. The van der Waals surface area contributed by atoms with Crippen LogP contribution in [0.25, 0.3) is 0 Å². The van der Waals surface area contributed by atoms with Crippen molar-refractivity contribution in [3.05, 3.63) is 35.4 Å². The first kappa shape index (κ1) is 13.9. The molecule has 0 bridgehead atoms. The van der Waals surface area contributed by atoms with Crippen molar-refractivity contribution in [1.29, 1.82) is 0 Å². The van der Waals surface area contributed by atoms with Crippen molar-refractivity contribution in [3.63, 3.8) is 0 Å². The van der Waals surface area contributed by atoms with Gasteiger partial charge in [0, 0.05) is 26.2 Å². The van der Waals surface area contributed by atoms with Crippen molar-refractivity contribution >= 4 is 6.03 Å². The van der Waals surface area contributed by atoms with Crippen molar-refractivity contribution in [2.45, 2.75) is 32.9 Å². The van der Waals surface area contributed by atoms with Crippen LogP contribution in [0.15, 0.2) is 24.3 Å². The first-order chi connectivity index (χ1) is 9.19. The highest BCUT2D eigenvalue weighted by atomic mass is 16.2. The molecule has 1 heterocycles. The lowest BCUT2D eigenvalue weighted by Crippen LogP contribution is -2.43. The maximum absolute atomic E-state index is 12.0. The normalized spacial score (nSPS) is 16.4. The summed E-state index contributed by atoms with van der Waals surface area (Å²) in [5.74, 6) is 0.743. The quantitative estimate of drug-likeness (QED) is 0.875. The Labute approximate surface area is 115 Å². The molecule has 0 radical (unpaired) electrons. The number of carbonyl (C=O) groups is 1. The van der Waals surface area contributed by atoms with Crippen LogP contribution in [0, 0.1) is 5.92 Å². The minimum absolute atomic E-state index is 0.0507. The Kier molecular flexibility index (Phi) is 4.80. The molecule has 1 aromatic rings. The number of amides is 2. The number of carbonyl (C=O) groups excluding carboxylic acids is 1. The SMILES string of the molecule is CC1CCN(C(=O)NCc2ccc(CN)cc2)CC1. The van der Waals surface area contributed by atoms with Gasteiger partial charge in [0.25, 0.3) is 0 Å². The van der Waals surface area contributed by atoms with Crippen LogP contribution in [-0.4, -0.2) is 24.0 Å². The molecule has 1 aliphatic heterocycles. The van der Waals surface area contributed by atoms with Gasteiger partial charge in [-0.1, -0.05) is 31.2 Å². The molecule has 0 saturated carbocycles. The minimum atomic E-state index is 0.0507. The van der Waals surface area contributed by atoms with Gasteiger partial charge in [-0.2, -0.15) is 0 Å². The molecule has 104 valence electrons. The third kappa shape index (κ3) is 3.96. The number of rotatable bonds is 3. The fourth-order valence-electron chi connectivity index (χ4n) is 2.29. The summed E-state index contributed by atoms with van der Waals surface area (Å²) < 4.78 is 0. The molecular weight excluding hydrogens is 238 g/mol. The fourth-order valence-corrected chi connectivity index (χ4v) is 2.29. The van der Waals surface area contributed by atoms with Gasteiger partial charge in [0.15, 0.2) is 0 Å². The van der Waals surface area contributed by atoms with Gasteiger partial charge in [0.2, 0.25) is 0 Å². The van der Waals surface area contributed by atoms with E-state index in [1.165, 1.54) is 0 Å². The number of urea groups is 1. The van der Waals surface area contributed by atoms with E-state index in [1.54, 1.807) is 0 Å². The number of likely N-dealkylation sites (tertiary alicyclic amines) is 1. The molecular formula is C15H23N3O. The van der Waals surface area contributed by atoms with E-state index >= 15 is 0 Å². The van der Waals surface area contributed by atoms with E-state index < -0.39 is 0 Å². The number of nitrogens with two attached hydrogens (primary N) is 1. The Morgan fingerprint density at radius 3 is 2.42 bits per heavy atom. The number of benzene rings is 1. The van der Waals surface area contributed by atoms with Crippen molar-refractivity contribution in [2.24, 2.45) is 11.7 Å². The molecule has 1 aromatic carbocycles. The van der Waals surface area contributed by atoms with E-state index in [-0.39, 0.29) is 6.03 Å². The molecule has 4 heteroatoms. The molecule has 1 fully saturated rings. The van der Waals surface area contributed by atoms with Crippen LogP contribution in [0.3, 0.4) is 0 Å². The molecule has 1 aliphatic rings. The summed E-state index contributed by atoms with van der Waals surface area (Å²) in [5.41, 5.74) is 7.77. The highest BCUT2D eigenvalue weighted by Crippen LogP contribution is 2.15. The Morgan fingerprint density at radius 2 is 1.84 bits per heavy atom. The first-order valence-electron chi connectivity index (χ1n) is 6.99. The van der Waals surface area contributed by atoms with Crippen LogP contribution in [0.1, 0.15) is 30.9 Å². The first-order valence-corrected chi connectivity index (χ1v) is 6.99. The van der Waals surface area contributed by atoms with Gasteiger partial charge in [-0.15, -0.1) is 0 Å². The van der Waals surface area contributed by atoms with Gasteiger partial charge < -0.3 is 16.0 Å². The van der Waals surface area contributed by atoms with E-state index in [0.29, 0.717) is 13.1 Å². The molecule has 0 atom stereocenters. The lowest BCUT2D eigenvalue weighted by molar-refractivity contribution is 0.173. The Morgan fingerprint density at radius 1 is 1.26 bits per heavy atom. The lowest BCUT2D eigenvalue weighted by atomic mass is 10.00. The van der Waals surface area contributed by atoms with Crippen molar-refractivity contribution in [1.82, 2.24) is 10.2 Å². The number of piperidine rings is 1. The summed E-state index contributed by atoms with van der Waals surface area (Å²) in [6, 6.07) is 8.09. The van der Waals surface area contributed by atoms with Crippen LogP contribution in [0.2, 0.25) is 0 Å². The van der Waals surface area contributed by atoms with E-state index in [2.05, 4.69) is 12.2 Å². The predicted octanol–water partition coefficient (Wildman–Crippen LogP) is 2.09. The third-order valence-electron chi connectivity index (χ3n) is 3.77. The van der Waals surface area contributed by atoms with Crippen molar-refractivity contribution < 1.29 is 4.79 Å². The molecule has 1 saturated heterocycles. The van der Waals surface area contributed by atoms with E-state index in [9.17, 15) is 4.79 Å². The van der Waals surface area contributed by atoms with Crippen LogP contribution >= 0.6 is 0 Å². The summed E-state index contributed by atoms with van der Waals surface area (Å²) >= 11 is 0. The molecule has 2 rings (SSSR count). The topological polar surface area (TPSA) is 58.4 Å². The van der Waals surface area contributed by atoms with Gasteiger partial charge in [-0.25, -0.2) is 4.79 Å². The highest BCUT2D eigenvalue weighted by Gasteiger charge is 2.19. The van der Waals surface area contributed by atoms with Crippen LogP contribution in [0.4, 0.5) is 4.79 Å².